The first-order valence-corrected chi connectivity index (χ1v) is 5.18. The van der Waals surface area contributed by atoms with Crippen LogP contribution in [0.5, 0.6) is 0 Å². The van der Waals surface area contributed by atoms with Crippen molar-refractivity contribution in [2.45, 2.75) is 33.1 Å². The summed E-state index contributed by atoms with van der Waals surface area (Å²) >= 11 is 6.19. The molecule has 3 heteroatoms. The number of fused-ring (bicyclic) bond motifs is 1. The van der Waals surface area contributed by atoms with E-state index in [1.807, 2.05) is 13.8 Å². The number of Topliss-reactive ketones (excluding diaryl/α,β-unsaturated/α-hetero) is 1. The summed E-state index contributed by atoms with van der Waals surface area (Å²) in [5.41, 5.74) is 3.42. The molecule has 1 aromatic heterocycles. The van der Waals surface area contributed by atoms with Crippen molar-refractivity contribution in [3.63, 3.8) is 0 Å². The second-order valence-corrected chi connectivity index (χ2v) is 4.12. The van der Waals surface area contributed by atoms with Gasteiger partial charge in [0.1, 0.15) is 5.69 Å². The monoisotopic (exact) mass is 209 g/mol. The molecule has 0 atom stereocenters. The Morgan fingerprint density at radius 1 is 1.29 bits per heavy atom. The molecular formula is C11H12ClNO. The highest BCUT2D eigenvalue weighted by Gasteiger charge is 2.22. The van der Waals surface area contributed by atoms with Crippen molar-refractivity contribution in [2.24, 2.45) is 0 Å². The number of carbonyl (C=O) groups is 1. The molecule has 2 rings (SSSR count). The van der Waals surface area contributed by atoms with Crippen LogP contribution in [0.4, 0.5) is 0 Å². The molecule has 1 aliphatic carbocycles. The Labute approximate surface area is 88.3 Å². The van der Waals surface area contributed by atoms with Gasteiger partial charge in [-0.25, -0.2) is 4.98 Å². The third-order valence-electron chi connectivity index (χ3n) is 2.80. The van der Waals surface area contributed by atoms with Crippen LogP contribution in [-0.2, 0) is 6.42 Å². The maximum Gasteiger partial charge on any atom is 0.181 e. The van der Waals surface area contributed by atoms with E-state index in [1.165, 1.54) is 0 Å². The van der Waals surface area contributed by atoms with E-state index in [0.717, 1.165) is 34.7 Å². The Hall–Kier alpha value is -0.890. The third kappa shape index (κ3) is 1.34. The van der Waals surface area contributed by atoms with Gasteiger partial charge in [-0.05, 0) is 32.3 Å². The molecule has 0 radical (unpaired) electrons. The van der Waals surface area contributed by atoms with E-state index >= 15 is 0 Å². The number of pyridine rings is 1. The zero-order valence-electron chi connectivity index (χ0n) is 8.35. The van der Waals surface area contributed by atoms with E-state index in [2.05, 4.69) is 4.98 Å². The predicted octanol–water partition coefficient (Wildman–Crippen LogP) is 2.87. The lowest BCUT2D eigenvalue weighted by Gasteiger charge is -2.17. The van der Waals surface area contributed by atoms with Gasteiger partial charge in [0.05, 0.1) is 5.02 Å². The third-order valence-corrected chi connectivity index (χ3v) is 3.31. The van der Waals surface area contributed by atoms with Crippen LogP contribution in [0.2, 0.25) is 5.02 Å². The molecule has 0 bridgehead atoms. The number of hydrogen-bond donors (Lipinski definition) is 0. The minimum atomic E-state index is 0.135. The Bertz CT molecular complexity index is 412. The molecule has 2 nitrogen and oxygen atoms in total. The van der Waals surface area contributed by atoms with Crippen molar-refractivity contribution >= 4 is 17.4 Å². The Kier molecular flexibility index (Phi) is 2.31. The van der Waals surface area contributed by atoms with Crippen molar-refractivity contribution in [2.75, 3.05) is 0 Å². The molecule has 0 aliphatic heterocycles. The van der Waals surface area contributed by atoms with Crippen molar-refractivity contribution in [1.29, 1.82) is 0 Å². The highest BCUT2D eigenvalue weighted by Crippen LogP contribution is 2.30. The Balaban J connectivity index is 2.69. The second kappa shape index (κ2) is 3.35. The molecule has 1 aliphatic rings. The summed E-state index contributed by atoms with van der Waals surface area (Å²) in [5.74, 6) is 0.135. The maximum absolute atomic E-state index is 11.6. The summed E-state index contributed by atoms with van der Waals surface area (Å²) < 4.78 is 0. The van der Waals surface area contributed by atoms with E-state index in [-0.39, 0.29) is 5.78 Å². The van der Waals surface area contributed by atoms with Crippen LogP contribution in [0.1, 0.15) is 40.2 Å². The quantitative estimate of drug-likeness (QED) is 0.658. The topological polar surface area (TPSA) is 30.0 Å². The number of ketones is 1. The number of aryl methyl sites for hydroxylation is 1. The summed E-state index contributed by atoms with van der Waals surface area (Å²) in [6.07, 6.45) is 2.39. The fraction of sp³-hybridized carbons (Fsp3) is 0.455. The first-order valence-electron chi connectivity index (χ1n) is 4.80. The molecule has 0 N–H and O–H groups in total. The van der Waals surface area contributed by atoms with Crippen molar-refractivity contribution < 1.29 is 4.79 Å². The van der Waals surface area contributed by atoms with Crippen LogP contribution >= 0.6 is 11.6 Å². The average molecular weight is 210 g/mol. The number of hydrogen-bond acceptors (Lipinski definition) is 2. The Morgan fingerprint density at radius 3 is 2.71 bits per heavy atom. The van der Waals surface area contributed by atoms with Gasteiger partial charge in [0.15, 0.2) is 5.78 Å². The fourth-order valence-electron chi connectivity index (χ4n) is 1.81. The van der Waals surface area contributed by atoms with E-state index in [9.17, 15) is 4.79 Å². The van der Waals surface area contributed by atoms with E-state index in [1.54, 1.807) is 0 Å². The molecule has 0 aromatic carbocycles. The number of rotatable bonds is 0. The number of nitrogens with zero attached hydrogens (tertiary/aromatic N) is 1. The number of halogens is 1. The van der Waals surface area contributed by atoms with Gasteiger partial charge in [-0.15, -0.1) is 0 Å². The van der Waals surface area contributed by atoms with Gasteiger partial charge in [-0.3, -0.25) is 4.79 Å². The zero-order valence-corrected chi connectivity index (χ0v) is 9.11. The zero-order chi connectivity index (χ0) is 10.3. The SMILES string of the molecule is Cc1nc2c(c(Cl)c1C)CCCC2=O. The first-order chi connectivity index (χ1) is 6.61. The van der Waals surface area contributed by atoms with Gasteiger partial charge in [0, 0.05) is 17.7 Å². The van der Waals surface area contributed by atoms with Gasteiger partial charge in [0.2, 0.25) is 0 Å². The second-order valence-electron chi connectivity index (χ2n) is 3.74. The fourth-order valence-corrected chi connectivity index (χ4v) is 2.13. The minimum absolute atomic E-state index is 0.135. The van der Waals surface area contributed by atoms with Crippen LogP contribution in [-0.4, -0.2) is 10.8 Å². The molecule has 0 amide bonds. The largest absolute Gasteiger partial charge is 0.292 e. The van der Waals surface area contributed by atoms with E-state index in [0.29, 0.717) is 12.1 Å². The highest BCUT2D eigenvalue weighted by atomic mass is 35.5. The Morgan fingerprint density at radius 2 is 2.00 bits per heavy atom. The van der Waals surface area contributed by atoms with E-state index in [4.69, 9.17) is 11.6 Å². The van der Waals surface area contributed by atoms with Crippen molar-refractivity contribution in [3.05, 3.63) is 27.5 Å². The van der Waals surface area contributed by atoms with Gasteiger partial charge in [-0.1, -0.05) is 11.6 Å². The van der Waals surface area contributed by atoms with Crippen molar-refractivity contribution in [3.8, 4) is 0 Å². The molecule has 0 unspecified atom stereocenters. The van der Waals surface area contributed by atoms with Crippen molar-refractivity contribution in [1.82, 2.24) is 4.98 Å². The van der Waals surface area contributed by atoms with Crippen LogP contribution < -0.4 is 0 Å². The predicted molar refractivity (Wildman–Crippen MR) is 56.0 cm³/mol. The van der Waals surface area contributed by atoms with Crippen LogP contribution in [0, 0.1) is 13.8 Å². The highest BCUT2D eigenvalue weighted by molar-refractivity contribution is 6.32. The summed E-state index contributed by atoms with van der Waals surface area (Å²) in [4.78, 5) is 15.9. The maximum atomic E-state index is 11.6. The van der Waals surface area contributed by atoms with Gasteiger partial charge in [-0.2, -0.15) is 0 Å². The standard InChI is InChI=1S/C11H12ClNO/c1-6-7(2)13-11-8(10(6)12)4-3-5-9(11)14/h3-5H2,1-2H3. The normalized spacial score (nSPS) is 15.5. The molecule has 0 fully saturated rings. The van der Waals surface area contributed by atoms with E-state index < -0.39 is 0 Å². The summed E-state index contributed by atoms with van der Waals surface area (Å²) in [6.45, 7) is 3.84. The summed E-state index contributed by atoms with van der Waals surface area (Å²) in [6, 6.07) is 0. The molecule has 0 spiro atoms. The lowest BCUT2D eigenvalue weighted by Crippen LogP contribution is -2.15. The number of carbonyl (C=O) groups excluding carboxylic acids is 1. The summed E-state index contributed by atoms with van der Waals surface area (Å²) in [7, 11) is 0. The molecule has 1 aromatic rings. The van der Waals surface area contributed by atoms with Crippen LogP contribution in [0.25, 0.3) is 0 Å². The number of aromatic nitrogens is 1. The first kappa shape index (κ1) is 9.66. The van der Waals surface area contributed by atoms with Crippen LogP contribution in [0.3, 0.4) is 0 Å². The smallest absolute Gasteiger partial charge is 0.181 e. The molecule has 14 heavy (non-hydrogen) atoms. The van der Waals surface area contributed by atoms with Crippen LogP contribution in [0.15, 0.2) is 0 Å². The minimum Gasteiger partial charge on any atom is -0.292 e. The molecule has 1 heterocycles. The molecular weight excluding hydrogens is 198 g/mol. The van der Waals surface area contributed by atoms with Gasteiger partial charge in [0.25, 0.3) is 0 Å². The lowest BCUT2D eigenvalue weighted by molar-refractivity contribution is 0.0967. The summed E-state index contributed by atoms with van der Waals surface area (Å²) in [5, 5.41) is 0.737. The lowest BCUT2D eigenvalue weighted by atomic mass is 9.93. The molecule has 74 valence electrons. The van der Waals surface area contributed by atoms with Gasteiger partial charge >= 0.3 is 0 Å². The molecule has 0 saturated carbocycles. The van der Waals surface area contributed by atoms with Gasteiger partial charge < -0.3 is 0 Å². The molecule has 0 saturated heterocycles. The average Bonchev–Trinajstić information content (AvgIpc) is 2.17.